The lowest BCUT2D eigenvalue weighted by atomic mass is 10.0. The van der Waals surface area contributed by atoms with Gasteiger partial charge in [-0.15, -0.1) is 0 Å². The first-order valence-electron chi connectivity index (χ1n) is 7.39. The third-order valence-corrected chi connectivity index (χ3v) is 4.51. The van der Waals surface area contributed by atoms with E-state index < -0.39 is 0 Å². The fourth-order valence-corrected chi connectivity index (χ4v) is 3.31. The van der Waals surface area contributed by atoms with Crippen LogP contribution in [-0.2, 0) is 7.05 Å². The molecule has 3 aromatic rings. The number of hydrogen-bond donors (Lipinski definition) is 0. The van der Waals surface area contributed by atoms with Gasteiger partial charge in [-0.3, -0.25) is 4.79 Å². The molecule has 2 atom stereocenters. The van der Waals surface area contributed by atoms with Crippen molar-refractivity contribution in [3.63, 3.8) is 0 Å². The summed E-state index contributed by atoms with van der Waals surface area (Å²) < 4.78 is 2.16. The Morgan fingerprint density at radius 1 is 1.05 bits per heavy atom. The molecule has 0 aliphatic heterocycles. The molecule has 2 nitrogen and oxygen atoms in total. The molecule has 2 heteroatoms. The zero-order valence-corrected chi connectivity index (χ0v) is 12.0. The Kier molecular flexibility index (Phi) is 2.71. The van der Waals surface area contributed by atoms with Crippen molar-refractivity contribution in [2.24, 2.45) is 13.0 Å². The first-order valence-corrected chi connectivity index (χ1v) is 7.39. The van der Waals surface area contributed by atoms with Gasteiger partial charge in [0, 0.05) is 35.6 Å². The monoisotopic (exact) mass is 275 g/mol. The Hall–Kier alpha value is -2.35. The highest BCUT2D eigenvalue weighted by atomic mass is 16.1. The molecule has 1 fully saturated rings. The molecule has 21 heavy (non-hydrogen) atoms. The van der Waals surface area contributed by atoms with E-state index in [1.54, 1.807) is 0 Å². The van der Waals surface area contributed by atoms with Crippen molar-refractivity contribution in [2.75, 3.05) is 0 Å². The summed E-state index contributed by atoms with van der Waals surface area (Å²) in [6.07, 6.45) is 3.16. The highest BCUT2D eigenvalue weighted by Gasteiger charge is 2.45. The zero-order valence-electron chi connectivity index (χ0n) is 12.0. The van der Waals surface area contributed by atoms with E-state index in [9.17, 15) is 4.79 Å². The number of fused-ring (bicyclic) bond motifs is 1. The van der Waals surface area contributed by atoms with Gasteiger partial charge >= 0.3 is 0 Å². The van der Waals surface area contributed by atoms with Crippen LogP contribution in [0.15, 0.2) is 60.8 Å². The Balaban J connectivity index is 1.66. The molecule has 0 saturated heterocycles. The van der Waals surface area contributed by atoms with E-state index in [0.29, 0.717) is 5.92 Å². The number of nitrogens with zero attached hydrogens (tertiary/aromatic N) is 1. The van der Waals surface area contributed by atoms with Gasteiger partial charge in [0.25, 0.3) is 0 Å². The van der Waals surface area contributed by atoms with Crippen LogP contribution < -0.4 is 0 Å². The average Bonchev–Trinajstić information content (AvgIpc) is 3.26. The van der Waals surface area contributed by atoms with E-state index in [2.05, 4.69) is 42.1 Å². The molecule has 1 aromatic heterocycles. The summed E-state index contributed by atoms with van der Waals surface area (Å²) in [5.41, 5.74) is 3.40. The molecule has 1 heterocycles. The van der Waals surface area contributed by atoms with Gasteiger partial charge in [-0.25, -0.2) is 0 Å². The van der Waals surface area contributed by atoms with E-state index in [0.717, 1.165) is 12.0 Å². The van der Waals surface area contributed by atoms with Crippen LogP contribution in [0.3, 0.4) is 0 Å². The second kappa shape index (κ2) is 4.59. The van der Waals surface area contributed by atoms with Crippen molar-refractivity contribution in [3.05, 3.63) is 71.9 Å². The molecule has 1 aliphatic carbocycles. The Labute approximate surface area is 124 Å². The van der Waals surface area contributed by atoms with E-state index in [4.69, 9.17) is 0 Å². The molecule has 1 saturated carbocycles. The average molecular weight is 275 g/mol. The standard InChI is InChI=1S/C19H17NO/c1-20-12-17(14-9-5-6-10-18(14)20)15-11-16(15)19(21)13-7-3-2-4-8-13/h2-10,12,15-16H,11H2,1H3/t15-,16-/m0/s1. The normalized spacial score (nSPS) is 20.6. The summed E-state index contributed by atoms with van der Waals surface area (Å²) in [7, 11) is 2.07. The Morgan fingerprint density at radius 2 is 1.76 bits per heavy atom. The van der Waals surface area contributed by atoms with Gasteiger partial charge < -0.3 is 4.57 Å². The van der Waals surface area contributed by atoms with Crippen LogP contribution in [0.2, 0.25) is 0 Å². The number of hydrogen-bond acceptors (Lipinski definition) is 1. The van der Waals surface area contributed by atoms with E-state index in [-0.39, 0.29) is 11.7 Å². The van der Waals surface area contributed by atoms with Crippen molar-refractivity contribution in [1.29, 1.82) is 0 Å². The first kappa shape index (κ1) is 12.4. The maximum atomic E-state index is 12.5. The number of Topliss-reactive ketones (excluding diaryl/α,β-unsaturated/α-hetero) is 1. The molecule has 0 N–H and O–H groups in total. The topological polar surface area (TPSA) is 22.0 Å². The quantitative estimate of drug-likeness (QED) is 0.658. The van der Waals surface area contributed by atoms with E-state index in [1.165, 1.54) is 16.5 Å². The maximum absolute atomic E-state index is 12.5. The molecule has 4 rings (SSSR count). The number of rotatable bonds is 3. The Bertz CT molecular complexity index is 816. The number of ketones is 1. The summed E-state index contributed by atoms with van der Waals surface area (Å²) in [6, 6.07) is 18.1. The van der Waals surface area contributed by atoms with Crippen LogP contribution >= 0.6 is 0 Å². The zero-order chi connectivity index (χ0) is 14.4. The van der Waals surface area contributed by atoms with Gasteiger partial charge in [-0.1, -0.05) is 48.5 Å². The van der Waals surface area contributed by atoms with Gasteiger partial charge in [0.2, 0.25) is 0 Å². The third-order valence-electron chi connectivity index (χ3n) is 4.51. The van der Waals surface area contributed by atoms with Crippen LogP contribution in [-0.4, -0.2) is 10.4 Å². The number of aryl methyl sites for hydroxylation is 1. The van der Waals surface area contributed by atoms with Gasteiger partial charge in [-0.2, -0.15) is 0 Å². The summed E-state index contributed by atoms with van der Waals surface area (Å²) >= 11 is 0. The first-order chi connectivity index (χ1) is 10.3. The van der Waals surface area contributed by atoms with Crippen molar-refractivity contribution in [3.8, 4) is 0 Å². The number of para-hydroxylation sites is 1. The van der Waals surface area contributed by atoms with Crippen LogP contribution in [0.25, 0.3) is 10.9 Å². The van der Waals surface area contributed by atoms with E-state index >= 15 is 0 Å². The van der Waals surface area contributed by atoms with Crippen molar-refractivity contribution >= 4 is 16.7 Å². The van der Waals surface area contributed by atoms with Gasteiger partial charge in [-0.05, 0) is 24.0 Å². The van der Waals surface area contributed by atoms with E-state index in [1.807, 2.05) is 30.3 Å². The second-order valence-corrected chi connectivity index (χ2v) is 5.89. The SMILES string of the molecule is Cn1cc([C@H]2C[C@@H]2C(=O)c2ccccc2)c2ccccc21. The molecular formula is C19H17NO. The fourth-order valence-electron chi connectivity index (χ4n) is 3.31. The highest BCUT2D eigenvalue weighted by molar-refractivity contribution is 6.01. The van der Waals surface area contributed by atoms with Crippen molar-refractivity contribution in [2.45, 2.75) is 12.3 Å². The minimum Gasteiger partial charge on any atom is -0.350 e. The van der Waals surface area contributed by atoms with Crippen LogP contribution in [0.4, 0.5) is 0 Å². The lowest BCUT2D eigenvalue weighted by Crippen LogP contribution is -2.02. The molecule has 0 radical (unpaired) electrons. The lowest BCUT2D eigenvalue weighted by molar-refractivity contribution is 0.0965. The van der Waals surface area contributed by atoms with Crippen molar-refractivity contribution in [1.82, 2.24) is 4.57 Å². The number of carbonyl (C=O) groups is 1. The molecule has 104 valence electrons. The summed E-state index contributed by atoms with van der Waals surface area (Å²) in [6.45, 7) is 0. The van der Waals surface area contributed by atoms with Crippen molar-refractivity contribution < 1.29 is 4.79 Å². The minimum atomic E-state index is 0.151. The van der Waals surface area contributed by atoms with Crippen LogP contribution in [0.5, 0.6) is 0 Å². The minimum absolute atomic E-state index is 0.151. The number of benzene rings is 2. The predicted molar refractivity (Wildman–Crippen MR) is 84.5 cm³/mol. The second-order valence-electron chi connectivity index (χ2n) is 5.89. The number of aromatic nitrogens is 1. The molecule has 0 bridgehead atoms. The molecule has 0 spiro atoms. The van der Waals surface area contributed by atoms with Gasteiger partial charge in [0.05, 0.1) is 0 Å². The predicted octanol–water partition coefficient (Wildman–Crippen LogP) is 4.16. The summed E-state index contributed by atoms with van der Waals surface area (Å²) in [4.78, 5) is 12.5. The molecule has 1 aliphatic rings. The Morgan fingerprint density at radius 3 is 2.57 bits per heavy atom. The maximum Gasteiger partial charge on any atom is 0.166 e. The molecular weight excluding hydrogens is 258 g/mol. The summed E-state index contributed by atoms with van der Waals surface area (Å²) in [5.74, 6) is 0.815. The molecule has 0 amide bonds. The highest BCUT2D eigenvalue weighted by Crippen LogP contribution is 2.51. The van der Waals surface area contributed by atoms with Crippen LogP contribution in [0, 0.1) is 5.92 Å². The largest absolute Gasteiger partial charge is 0.350 e. The van der Waals surface area contributed by atoms with Crippen LogP contribution in [0.1, 0.15) is 28.3 Å². The van der Waals surface area contributed by atoms with Gasteiger partial charge in [0.15, 0.2) is 5.78 Å². The summed E-state index contributed by atoms with van der Waals surface area (Å²) in [5, 5.41) is 1.29. The molecule has 2 aromatic carbocycles. The third kappa shape index (κ3) is 1.99. The smallest absolute Gasteiger partial charge is 0.166 e. The van der Waals surface area contributed by atoms with Gasteiger partial charge in [0.1, 0.15) is 0 Å². The molecule has 0 unspecified atom stereocenters. The number of carbonyl (C=O) groups excluding carboxylic acids is 1. The fraction of sp³-hybridized carbons (Fsp3) is 0.211. The lowest BCUT2D eigenvalue weighted by Gasteiger charge is -2.00.